The Morgan fingerprint density at radius 2 is 1.86 bits per heavy atom. The van der Waals surface area contributed by atoms with Crippen molar-refractivity contribution in [2.24, 2.45) is 0 Å². The SMILES string of the molecule is COc1ccc(-c2nc(C)cc(SCC(=O)Nc3cc(F)ccc3F)n2)cc1. The van der Waals surface area contributed by atoms with Gasteiger partial charge >= 0.3 is 0 Å². The molecule has 28 heavy (non-hydrogen) atoms. The lowest BCUT2D eigenvalue weighted by Crippen LogP contribution is -2.15. The molecule has 0 radical (unpaired) electrons. The van der Waals surface area contributed by atoms with Gasteiger partial charge in [-0.05, 0) is 49.4 Å². The molecular weight excluding hydrogens is 384 g/mol. The van der Waals surface area contributed by atoms with Crippen molar-refractivity contribution in [3.05, 3.63) is 65.9 Å². The van der Waals surface area contributed by atoms with Gasteiger partial charge in [-0.2, -0.15) is 0 Å². The second kappa shape index (κ2) is 8.79. The highest BCUT2D eigenvalue weighted by molar-refractivity contribution is 7.99. The van der Waals surface area contributed by atoms with Crippen molar-refractivity contribution in [2.75, 3.05) is 18.2 Å². The number of carbonyl (C=O) groups is 1. The van der Waals surface area contributed by atoms with Gasteiger partial charge in [-0.15, -0.1) is 0 Å². The summed E-state index contributed by atoms with van der Waals surface area (Å²) in [6, 6.07) is 12.0. The van der Waals surface area contributed by atoms with Gasteiger partial charge in [-0.1, -0.05) is 11.8 Å². The molecule has 3 aromatic rings. The predicted molar refractivity (Wildman–Crippen MR) is 104 cm³/mol. The van der Waals surface area contributed by atoms with Crippen LogP contribution in [-0.2, 0) is 4.79 Å². The summed E-state index contributed by atoms with van der Waals surface area (Å²) in [5.41, 5.74) is 1.38. The number of benzene rings is 2. The quantitative estimate of drug-likeness (QED) is 0.488. The maximum Gasteiger partial charge on any atom is 0.234 e. The minimum Gasteiger partial charge on any atom is -0.497 e. The molecule has 0 atom stereocenters. The number of aryl methyl sites for hydroxylation is 1. The molecule has 1 N–H and O–H groups in total. The number of carbonyl (C=O) groups excluding carboxylic acids is 1. The van der Waals surface area contributed by atoms with Crippen molar-refractivity contribution >= 4 is 23.4 Å². The average Bonchev–Trinajstić information content (AvgIpc) is 2.69. The molecule has 3 rings (SSSR count). The van der Waals surface area contributed by atoms with Crippen molar-refractivity contribution in [3.63, 3.8) is 0 Å². The van der Waals surface area contributed by atoms with E-state index >= 15 is 0 Å². The fourth-order valence-corrected chi connectivity index (χ4v) is 3.16. The number of ether oxygens (including phenoxy) is 1. The van der Waals surface area contributed by atoms with E-state index in [2.05, 4.69) is 15.3 Å². The summed E-state index contributed by atoms with van der Waals surface area (Å²) in [5.74, 6) is -0.529. The molecule has 0 aliphatic carbocycles. The van der Waals surface area contributed by atoms with E-state index < -0.39 is 17.5 Å². The lowest BCUT2D eigenvalue weighted by molar-refractivity contribution is -0.113. The Labute approximate surface area is 165 Å². The third-order valence-corrected chi connectivity index (χ3v) is 4.64. The molecule has 1 heterocycles. The number of halogens is 2. The maximum absolute atomic E-state index is 13.6. The van der Waals surface area contributed by atoms with E-state index in [1.807, 2.05) is 31.2 Å². The second-order valence-electron chi connectivity index (χ2n) is 5.86. The molecule has 1 amide bonds. The summed E-state index contributed by atoms with van der Waals surface area (Å²) >= 11 is 1.18. The molecule has 5 nitrogen and oxygen atoms in total. The molecule has 0 aliphatic heterocycles. The molecule has 0 fully saturated rings. The number of rotatable bonds is 6. The first-order valence-electron chi connectivity index (χ1n) is 8.32. The van der Waals surface area contributed by atoms with Crippen LogP contribution in [0.1, 0.15) is 5.69 Å². The summed E-state index contributed by atoms with van der Waals surface area (Å²) in [7, 11) is 1.59. The molecule has 1 aromatic heterocycles. The third kappa shape index (κ3) is 5.04. The number of hydrogen-bond donors (Lipinski definition) is 1. The van der Waals surface area contributed by atoms with Gasteiger partial charge in [0.15, 0.2) is 5.82 Å². The molecule has 0 aliphatic rings. The predicted octanol–water partition coefficient (Wildman–Crippen LogP) is 4.47. The standard InChI is InChI=1S/C20H17F2N3O2S/c1-12-9-19(25-20(23-12)13-3-6-15(27-2)7-4-13)28-11-18(26)24-17-10-14(21)5-8-16(17)22/h3-10H,11H2,1-2H3,(H,24,26). The maximum atomic E-state index is 13.6. The third-order valence-electron chi connectivity index (χ3n) is 3.73. The Kier molecular flexibility index (Phi) is 6.20. The normalized spacial score (nSPS) is 10.6. The van der Waals surface area contributed by atoms with E-state index in [9.17, 15) is 13.6 Å². The summed E-state index contributed by atoms with van der Waals surface area (Å²) in [5, 5.41) is 2.97. The molecule has 2 aromatic carbocycles. The zero-order valence-electron chi connectivity index (χ0n) is 15.2. The van der Waals surface area contributed by atoms with Crippen molar-refractivity contribution < 1.29 is 18.3 Å². The lowest BCUT2D eigenvalue weighted by atomic mass is 10.2. The topological polar surface area (TPSA) is 64.1 Å². The number of amides is 1. The van der Waals surface area contributed by atoms with Crippen LogP contribution in [0.4, 0.5) is 14.5 Å². The molecule has 0 spiro atoms. The average molecular weight is 401 g/mol. The van der Waals surface area contributed by atoms with Crippen LogP contribution in [0.2, 0.25) is 0 Å². The van der Waals surface area contributed by atoms with Crippen LogP contribution >= 0.6 is 11.8 Å². The molecular formula is C20H17F2N3O2S. The van der Waals surface area contributed by atoms with Gasteiger partial charge in [0.05, 0.1) is 18.6 Å². The van der Waals surface area contributed by atoms with Gasteiger partial charge in [-0.3, -0.25) is 4.79 Å². The summed E-state index contributed by atoms with van der Waals surface area (Å²) in [6.07, 6.45) is 0. The van der Waals surface area contributed by atoms with Crippen LogP contribution in [0.3, 0.4) is 0 Å². The fourth-order valence-electron chi connectivity index (χ4n) is 2.40. The largest absolute Gasteiger partial charge is 0.497 e. The van der Waals surface area contributed by atoms with Crippen LogP contribution in [0.15, 0.2) is 53.6 Å². The molecule has 0 unspecified atom stereocenters. The summed E-state index contributed by atoms with van der Waals surface area (Å²) in [4.78, 5) is 21.0. The number of aromatic nitrogens is 2. The number of thioether (sulfide) groups is 1. The van der Waals surface area contributed by atoms with Gasteiger partial charge in [-0.25, -0.2) is 18.7 Å². The van der Waals surface area contributed by atoms with Gasteiger partial charge < -0.3 is 10.1 Å². The monoisotopic (exact) mass is 401 g/mol. The van der Waals surface area contributed by atoms with Crippen molar-refractivity contribution in [3.8, 4) is 17.1 Å². The number of anilines is 1. The van der Waals surface area contributed by atoms with E-state index in [4.69, 9.17) is 4.74 Å². The molecule has 0 saturated carbocycles. The van der Waals surface area contributed by atoms with E-state index in [1.165, 1.54) is 11.8 Å². The number of nitrogens with one attached hydrogen (secondary N) is 1. The number of hydrogen-bond acceptors (Lipinski definition) is 5. The first kappa shape index (κ1) is 19.8. The minimum atomic E-state index is -0.695. The van der Waals surface area contributed by atoms with Gasteiger partial charge in [0.25, 0.3) is 0 Å². The zero-order valence-corrected chi connectivity index (χ0v) is 16.0. The van der Waals surface area contributed by atoms with Crippen LogP contribution in [0.25, 0.3) is 11.4 Å². The van der Waals surface area contributed by atoms with Crippen LogP contribution in [-0.4, -0.2) is 28.7 Å². The highest BCUT2D eigenvalue weighted by Crippen LogP contribution is 2.24. The molecule has 144 valence electrons. The Bertz CT molecular complexity index is 997. The molecule has 8 heteroatoms. The zero-order chi connectivity index (χ0) is 20.1. The first-order valence-corrected chi connectivity index (χ1v) is 9.31. The van der Waals surface area contributed by atoms with Crippen LogP contribution in [0, 0.1) is 18.6 Å². The fraction of sp³-hybridized carbons (Fsp3) is 0.150. The van der Waals surface area contributed by atoms with E-state index in [-0.39, 0.29) is 11.4 Å². The van der Waals surface area contributed by atoms with Crippen molar-refractivity contribution in [1.82, 2.24) is 9.97 Å². The van der Waals surface area contributed by atoms with E-state index in [1.54, 1.807) is 13.2 Å². The number of methoxy groups -OCH3 is 1. The van der Waals surface area contributed by atoms with Crippen molar-refractivity contribution in [2.45, 2.75) is 11.9 Å². The van der Waals surface area contributed by atoms with E-state index in [0.29, 0.717) is 10.9 Å². The highest BCUT2D eigenvalue weighted by Gasteiger charge is 2.11. The number of nitrogens with zero attached hydrogens (tertiary/aromatic N) is 2. The van der Waals surface area contributed by atoms with Crippen LogP contribution < -0.4 is 10.1 Å². The van der Waals surface area contributed by atoms with Crippen LogP contribution in [0.5, 0.6) is 5.75 Å². The van der Waals surface area contributed by atoms with Gasteiger partial charge in [0.1, 0.15) is 22.4 Å². The Hall–Kier alpha value is -3.00. The molecule has 0 bridgehead atoms. The molecule has 0 saturated heterocycles. The van der Waals surface area contributed by atoms with Gasteiger partial charge in [0, 0.05) is 17.3 Å². The van der Waals surface area contributed by atoms with Gasteiger partial charge in [0.2, 0.25) is 5.91 Å². The smallest absolute Gasteiger partial charge is 0.234 e. The highest BCUT2D eigenvalue weighted by atomic mass is 32.2. The summed E-state index contributed by atoms with van der Waals surface area (Å²) < 4.78 is 32.0. The Balaban J connectivity index is 1.69. The van der Waals surface area contributed by atoms with E-state index in [0.717, 1.165) is 35.2 Å². The Morgan fingerprint density at radius 3 is 2.57 bits per heavy atom. The lowest BCUT2D eigenvalue weighted by Gasteiger charge is -2.08. The second-order valence-corrected chi connectivity index (χ2v) is 6.86. The summed E-state index contributed by atoms with van der Waals surface area (Å²) in [6.45, 7) is 1.83. The first-order chi connectivity index (χ1) is 13.4. The Morgan fingerprint density at radius 1 is 1.11 bits per heavy atom. The van der Waals surface area contributed by atoms with Crippen molar-refractivity contribution in [1.29, 1.82) is 0 Å². The minimum absolute atomic E-state index is 0.00550.